The number of rotatable bonds is 17. The summed E-state index contributed by atoms with van der Waals surface area (Å²) < 4.78 is 18.2. The molecule has 0 N–H and O–H groups in total. The number of carbonyl (C=O) groups excluding carboxylic acids is 2. The number of hydrogen-bond acceptors (Lipinski definition) is 5. The molecule has 0 spiro atoms. The Morgan fingerprint density at radius 2 is 1.57 bits per heavy atom. The molecule has 0 saturated carbocycles. The summed E-state index contributed by atoms with van der Waals surface area (Å²) in [7, 11) is -5.03. The van der Waals surface area contributed by atoms with Crippen molar-refractivity contribution in [3.8, 4) is 0 Å². The van der Waals surface area contributed by atoms with Crippen LogP contribution in [0.1, 0.15) is 51.9 Å². The van der Waals surface area contributed by atoms with Gasteiger partial charge in [0.2, 0.25) is 8.32 Å². The number of unbranched alkanes of at least 4 members (excludes halogenated alkanes) is 1. The lowest BCUT2D eigenvalue weighted by molar-refractivity contribution is -0.135. The highest BCUT2D eigenvalue weighted by molar-refractivity contribution is 6.71. The molecule has 0 bridgehead atoms. The maximum absolute atomic E-state index is 12.5. The molecule has 1 aliphatic rings. The second kappa shape index (κ2) is 15.5. The van der Waals surface area contributed by atoms with E-state index in [-0.39, 0.29) is 35.8 Å². The lowest BCUT2D eigenvalue weighted by Gasteiger charge is -2.26. The molecule has 1 unspecified atom stereocenters. The van der Waals surface area contributed by atoms with Crippen LogP contribution in [0.15, 0.2) is 36.5 Å². The molecule has 37 heavy (non-hydrogen) atoms. The predicted molar refractivity (Wildman–Crippen MR) is 163 cm³/mol. The van der Waals surface area contributed by atoms with Crippen molar-refractivity contribution in [2.75, 3.05) is 0 Å². The van der Waals surface area contributed by atoms with Crippen LogP contribution in [0.2, 0.25) is 58.9 Å². The first-order valence-corrected chi connectivity index (χ1v) is 24.3. The summed E-state index contributed by atoms with van der Waals surface area (Å²) in [5.74, 6) is 0.145. The van der Waals surface area contributed by atoms with Crippen LogP contribution >= 0.6 is 0 Å². The van der Waals surface area contributed by atoms with E-state index < -0.39 is 25.0 Å². The van der Waals surface area contributed by atoms with Gasteiger partial charge in [-0.1, -0.05) is 30.4 Å². The van der Waals surface area contributed by atoms with Crippen molar-refractivity contribution in [3.63, 3.8) is 0 Å². The van der Waals surface area contributed by atoms with Gasteiger partial charge < -0.3 is 13.3 Å². The third kappa shape index (κ3) is 17.2. The SMILES string of the molecule is CC(CCC[C@@H](/C=C/[C@H]1C=CC(=O)[C@@H]1C/C=C\CCCC(=O)O[Si](C)(C)C)O[Si](C)(C)C)O[Si](C)(C)C. The van der Waals surface area contributed by atoms with Crippen LogP contribution in [0.4, 0.5) is 0 Å². The zero-order valence-electron chi connectivity index (χ0n) is 25.3. The molecule has 1 aliphatic carbocycles. The zero-order chi connectivity index (χ0) is 28.3. The van der Waals surface area contributed by atoms with E-state index in [2.05, 4.69) is 70.5 Å². The van der Waals surface area contributed by atoms with E-state index in [0.717, 1.165) is 32.1 Å². The van der Waals surface area contributed by atoms with Crippen molar-refractivity contribution in [1.82, 2.24) is 0 Å². The predicted octanol–water partition coefficient (Wildman–Crippen LogP) is 8.04. The van der Waals surface area contributed by atoms with Crippen molar-refractivity contribution in [1.29, 1.82) is 0 Å². The molecule has 0 aromatic rings. The fourth-order valence-corrected chi connectivity index (χ4v) is 7.63. The Kier molecular flexibility index (Phi) is 14.2. The van der Waals surface area contributed by atoms with E-state index in [0.29, 0.717) is 12.8 Å². The van der Waals surface area contributed by atoms with Crippen LogP contribution in [0, 0.1) is 11.8 Å². The van der Waals surface area contributed by atoms with E-state index in [4.69, 9.17) is 13.3 Å². The summed E-state index contributed by atoms with van der Waals surface area (Å²) in [6, 6.07) is 0. The van der Waals surface area contributed by atoms with Gasteiger partial charge in [-0.3, -0.25) is 9.59 Å². The summed E-state index contributed by atoms with van der Waals surface area (Å²) >= 11 is 0. The minimum atomic E-state index is -1.81. The molecule has 0 heterocycles. The largest absolute Gasteiger partial charge is 0.520 e. The molecule has 5 nitrogen and oxygen atoms in total. The molecule has 1 rings (SSSR count). The summed E-state index contributed by atoms with van der Waals surface area (Å²) in [6.07, 6.45) is 18.5. The molecular formula is C29H54O5Si3. The van der Waals surface area contributed by atoms with Crippen LogP contribution < -0.4 is 0 Å². The molecule has 8 heteroatoms. The van der Waals surface area contributed by atoms with Crippen LogP contribution in [0.25, 0.3) is 0 Å². The Morgan fingerprint density at radius 3 is 2.16 bits per heavy atom. The van der Waals surface area contributed by atoms with Gasteiger partial charge >= 0.3 is 0 Å². The fraction of sp³-hybridized carbons (Fsp3) is 0.724. The van der Waals surface area contributed by atoms with Gasteiger partial charge in [0.1, 0.15) is 0 Å². The van der Waals surface area contributed by atoms with Gasteiger partial charge in [0, 0.05) is 24.4 Å². The first kappa shape index (κ1) is 34.0. The Hall–Kier alpha value is -1.07. The van der Waals surface area contributed by atoms with Crippen molar-refractivity contribution < 1.29 is 22.9 Å². The second-order valence-corrected chi connectivity index (χ2v) is 26.6. The third-order valence-corrected chi connectivity index (χ3v) is 8.71. The highest BCUT2D eigenvalue weighted by Gasteiger charge is 2.28. The first-order valence-electron chi connectivity index (χ1n) is 14.1. The van der Waals surface area contributed by atoms with Crippen molar-refractivity contribution >= 4 is 36.7 Å². The Bertz CT molecular complexity index is 800. The van der Waals surface area contributed by atoms with Gasteiger partial charge in [0.25, 0.3) is 5.97 Å². The lowest BCUT2D eigenvalue weighted by atomic mass is 9.90. The maximum atomic E-state index is 12.5. The molecule has 4 atom stereocenters. The summed E-state index contributed by atoms with van der Waals surface area (Å²) in [5, 5.41) is 0. The number of carbonyl (C=O) groups is 2. The normalized spacial score (nSPS) is 20.8. The van der Waals surface area contributed by atoms with Gasteiger partial charge in [0.15, 0.2) is 22.4 Å². The van der Waals surface area contributed by atoms with E-state index in [1.807, 2.05) is 25.7 Å². The Labute approximate surface area is 230 Å². The zero-order valence-corrected chi connectivity index (χ0v) is 28.3. The summed E-state index contributed by atoms with van der Waals surface area (Å²) in [4.78, 5) is 24.4. The lowest BCUT2D eigenvalue weighted by Crippen LogP contribution is -2.32. The molecule has 0 amide bonds. The molecular weight excluding hydrogens is 513 g/mol. The highest BCUT2D eigenvalue weighted by atomic mass is 28.4. The van der Waals surface area contributed by atoms with Crippen molar-refractivity contribution in [3.05, 3.63) is 36.5 Å². The van der Waals surface area contributed by atoms with Crippen LogP contribution in [-0.2, 0) is 22.9 Å². The molecule has 212 valence electrons. The minimum Gasteiger partial charge on any atom is -0.520 e. The van der Waals surface area contributed by atoms with Crippen LogP contribution in [0.5, 0.6) is 0 Å². The van der Waals surface area contributed by atoms with Gasteiger partial charge in [-0.2, -0.15) is 0 Å². The van der Waals surface area contributed by atoms with E-state index in [9.17, 15) is 9.59 Å². The quantitative estimate of drug-likeness (QED) is 0.101. The average Bonchev–Trinajstić information content (AvgIpc) is 3.04. The highest BCUT2D eigenvalue weighted by Crippen LogP contribution is 2.28. The van der Waals surface area contributed by atoms with Gasteiger partial charge in [-0.05, 0) is 110 Å². The van der Waals surface area contributed by atoms with E-state index in [1.165, 1.54) is 0 Å². The molecule has 0 aromatic heterocycles. The summed E-state index contributed by atoms with van der Waals surface area (Å²) in [6.45, 7) is 21.6. The molecule has 0 radical (unpaired) electrons. The van der Waals surface area contributed by atoms with E-state index >= 15 is 0 Å². The Balaban J connectivity index is 2.60. The molecule has 0 fully saturated rings. The fourth-order valence-electron chi connectivity index (χ4n) is 4.41. The van der Waals surface area contributed by atoms with Gasteiger partial charge in [0.05, 0.1) is 6.10 Å². The van der Waals surface area contributed by atoms with E-state index in [1.54, 1.807) is 6.08 Å². The molecule has 0 aliphatic heterocycles. The number of hydrogen-bond donors (Lipinski definition) is 0. The van der Waals surface area contributed by atoms with Crippen LogP contribution in [-0.4, -0.2) is 48.9 Å². The van der Waals surface area contributed by atoms with Crippen molar-refractivity contribution in [2.24, 2.45) is 11.8 Å². The van der Waals surface area contributed by atoms with Crippen molar-refractivity contribution in [2.45, 2.75) is 123 Å². The molecule has 0 saturated heterocycles. The smallest absolute Gasteiger partial charge is 0.292 e. The first-order chi connectivity index (χ1) is 17.0. The number of ketones is 1. The molecule has 0 aromatic carbocycles. The Morgan fingerprint density at radius 1 is 0.919 bits per heavy atom. The minimum absolute atomic E-state index is 0.0537. The van der Waals surface area contributed by atoms with Crippen LogP contribution in [0.3, 0.4) is 0 Å². The third-order valence-electron chi connectivity index (χ3n) is 5.75. The second-order valence-electron chi connectivity index (χ2n) is 13.3. The standard InChI is InChI=1S/C29H54O5Si3/c1-24(32-35(2,3)4)16-15-17-26(33-36(5,6)7)22-20-25-21-23-28(30)27(25)18-13-11-12-14-19-29(31)34-37(8,9)10/h11,13,20-27H,12,14-19H2,1-10H3/b13-11-,22-20+/t24?,25-,26-,27+/m0/s1. The average molecular weight is 567 g/mol. The summed E-state index contributed by atoms with van der Waals surface area (Å²) in [5.41, 5.74) is 0. The monoisotopic (exact) mass is 566 g/mol. The van der Waals surface area contributed by atoms with Gasteiger partial charge in [-0.25, -0.2) is 0 Å². The van der Waals surface area contributed by atoms with Gasteiger partial charge in [-0.15, -0.1) is 0 Å². The maximum Gasteiger partial charge on any atom is 0.292 e. The topological polar surface area (TPSA) is 61.8 Å². The number of allylic oxidation sites excluding steroid dienone is 5.